The van der Waals surface area contributed by atoms with Crippen LogP contribution in [0.2, 0.25) is 0 Å². The highest BCUT2D eigenvalue weighted by atomic mass is 32.1. The molecule has 3 rings (SSSR count). The molecule has 78 valence electrons. The summed E-state index contributed by atoms with van der Waals surface area (Å²) in [5.41, 5.74) is 2.12. The van der Waals surface area contributed by atoms with Gasteiger partial charge in [-0.25, -0.2) is 4.98 Å². The van der Waals surface area contributed by atoms with Crippen molar-refractivity contribution in [3.8, 4) is 11.3 Å². The van der Waals surface area contributed by atoms with Gasteiger partial charge in [0.15, 0.2) is 5.13 Å². The van der Waals surface area contributed by atoms with Gasteiger partial charge in [-0.05, 0) is 0 Å². The van der Waals surface area contributed by atoms with Gasteiger partial charge in [-0.3, -0.25) is 5.10 Å². The van der Waals surface area contributed by atoms with Crippen molar-refractivity contribution in [3.63, 3.8) is 0 Å². The number of hydrogen-bond acceptors (Lipinski definition) is 5. The van der Waals surface area contributed by atoms with Gasteiger partial charge in [0.1, 0.15) is 5.82 Å². The minimum atomic E-state index is 0.924. The lowest BCUT2D eigenvalue weighted by atomic mass is 10.2. The zero-order valence-corrected chi connectivity index (χ0v) is 9.11. The van der Waals surface area contributed by atoms with Crippen LogP contribution in [0.15, 0.2) is 6.20 Å². The molecule has 0 unspecified atom stereocenters. The largest absolute Gasteiger partial charge is 0.370 e. The van der Waals surface area contributed by atoms with E-state index in [1.807, 2.05) is 13.2 Å². The summed E-state index contributed by atoms with van der Waals surface area (Å²) >= 11 is 1.71. The Morgan fingerprint density at radius 1 is 1.53 bits per heavy atom. The van der Waals surface area contributed by atoms with E-state index in [1.54, 1.807) is 11.3 Å². The molecule has 0 aromatic carbocycles. The van der Waals surface area contributed by atoms with E-state index in [4.69, 9.17) is 0 Å². The average Bonchev–Trinajstić information content (AvgIpc) is 2.82. The highest BCUT2D eigenvalue weighted by Gasteiger charge is 2.19. The number of nitrogens with one attached hydrogen (secondary N) is 3. The normalized spacial score (nSPS) is 13.7. The summed E-state index contributed by atoms with van der Waals surface area (Å²) in [5, 5.41) is 14.3. The van der Waals surface area contributed by atoms with Gasteiger partial charge in [-0.2, -0.15) is 5.10 Å². The van der Waals surface area contributed by atoms with Crippen LogP contribution < -0.4 is 10.6 Å². The van der Waals surface area contributed by atoms with Crippen LogP contribution in [0.25, 0.3) is 11.3 Å². The molecule has 1 aliphatic rings. The molecule has 3 heterocycles. The predicted molar refractivity (Wildman–Crippen MR) is 61.4 cm³/mol. The number of nitrogens with zero attached hydrogens (tertiary/aromatic N) is 2. The first kappa shape index (κ1) is 8.72. The second-order valence-corrected chi connectivity index (χ2v) is 4.46. The molecule has 2 aromatic heterocycles. The van der Waals surface area contributed by atoms with Crippen molar-refractivity contribution in [2.45, 2.75) is 6.42 Å². The second-order valence-electron chi connectivity index (χ2n) is 3.38. The minimum Gasteiger partial charge on any atom is -0.370 e. The molecule has 0 spiro atoms. The smallest absolute Gasteiger partial charge is 0.183 e. The van der Waals surface area contributed by atoms with Crippen molar-refractivity contribution in [3.05, 3.63) is 11.1 Å². The fourth-order valence-corrected chi connectivity index (χ4v) is 2.67. The summed E-state index contributed by atoms with van der Waals surface area (Å²) in [6.45, 7) is 0.924. The third-order valence-electron chi connectivity index (χ3n) is 2.46. The maximum atomic E-state index is 4.55. The van der Waals surface area contributed by atoms with E-state index in [2.05, 4.69) is 25.8 Å². The van der Waals surface area contributed by atoms with E-state index in [1.165, 1.54) is 4.88 Å². The molecule has 0 fully saturated rings. The lowest BCUT2D eigenvalue weighted by Gasteiger charge is -1.98. The number of thiazole rings is 1. The Kier molecular flexibility index (Phi) is 1.88. The van der Waals surface area contributed by atoms with Gasteiger partial charge in [0.2, 0.25) is 0 Å². The predicted octanol–water partition coefficient (Wildman–Crippen LogP) is 1.54. The number of H-pyrrole nitrogens is 1. The highest BCUT2D eigenvalue weighted by Crippen LogP contribution is 2.36. The maximum absolute atomic E-state index is 4.55. The first-order valence-corrected chi connectivity index (χ1v) is 5.65. The van der Waals surface area contributed by atoms with Crippen LogP contribution >= 0.6 is 11.3 Å². The van der Waals surface area contributed by atoms with Gasteiger partial charge >= 0.3 is 0 Å². The second kappa shape index (κ2) is 3.23. The molecule has 5 nitrogen and oxygen atoms in total. The number of aromatic nitrogens is 3. The first-order valence-electron chi connectivity index (χ1n) is 4.83. The minimum absolute atomic E-state index is 0.924. The lowest BCUT2D eigenvalue weighted by Crippen LogP contribution is -2.02. The van der Waals surface area contributed by atoms with E-state index >= 15 is 0 Å². The first-order chi connectivity index (χ1) is 7.38. The molecular weight excluding hydrogens is 210 g/mol. The maximum Gasteiger partial charge on any atom is 0.183 e. The monoisotopic (exact) mass is 221 g/mol. The van der Waals surface area contributed by atoms with Crippen LogP contribution in [-0.2, 0) is 6.42 Å². The topological polar surface area (TPSA) is 65.6 Å². The summed E-state index contributed by atoms with van der Waals surface area (Å²) in [6, 6.07) is 0. The number of anilines is 2. The molecule has 0 amide bonds. The summed E-state index contributed by atoms with van der Waals surface area (Å²) in [7, 11) is 1.90. The molecule has 2 aromatic rings. The Hall–Kier alpha value is -1.56. The molecule has 6 heteroatoms. The molecular formula is C9H11N5S. The molecule has 0 aliphatic carbocycles. The van der Waals surface area contributed by atoms with Crippen LogP contribution in [0, 0.1) is 0 Å². The van der Waals surface area contributed by atoms with Crippen molar-refractivity contribution in [1.29, 1.82) is 0 Å². The van der Waals surface area contributed by atoms with Crippen LogP contribution in [0.3, 0.4) is 0 Å². The van der Waals surface area contributed by atoms with Crippen molar-refractivity contribution >= 4 is 22.3 Å². The molecule has 0 atom stereocenters. The van der Waals surface area contributed by atoms with Crippen molar-refractivity contribution in [1.82, 2.24) is 15.2 Å². The summed E-state index contributed by atoms with van der Waals surface area (Å²) < 4.78 is 0. The summed E-state index contributed by atoms with van der Waals surface area (Å²) in [4.78, 5) is 5.86. The summed E-state index contributed by atoms with van der Waals surface area (Å²) in [5.74, 6) is 0.974. The molecule has 1 aliphatic heterocycles. The number of rotatable bonds is 1. The molecule has 0 bridgehead atoms. The van der Waals surface area contributed by atoms with Gasteiger partial charge in [-0.15, -0.1) is 11.3 Å². The number of hydrogen-bond donors (Lipinski definition) is 3. The van der Waals surface area contributed by atoms with Crippen LogP contribution in [-0.4, -0.2) is 28.8 Å². The molecule has 3 N–H and O–H groups in total. The fourth-order valence-electron chi connectivity index (χ4n) is 1.74. The molecule has 0 radical (unpaired) electrons. The molecule has 0 saturated carbocycles. The molecule has 0 saturated heterocycles. The quantitative estimate of drug-likeness (QED) is 0.683. The van der Waals surface area contributed by atoms with Gasteiger partial charge in [0.25, 0.3) is 0 Å². The van der Waals surface area contributed by atoms with Crippen LogP contribution in [0.5, 0.6) is 0 Å². The Labute approximate surface area is 90.9 Å². The van der Waals surface area contributed by atoms with Gasteiger partial charge < -0.3 is 10.6 Å². The third kappa shape index (κ3) is 1.29. The summed E-state index contributed by atoms with van der Waals surface area (Å²) in [6.07, 6.45) is 2.84. The Morgan fingerprint density at radius 3 is 3.33 bits per heavy atom. The van der Waals surface area contributed by atoms with E-state index in [0.717, 1.165) is 35.2 Å². The van der Waals surface area contributed by atoms with Gasteiger partial charge in [-0.1, -0.05) is 0 Å². The van der Waals surface area contributed by atoms with E-state index in [9.17, 15) is 0 Å². The Morgan fingerprint density at radius 2 is 2.47 bits per heavy atom. The lowest BCUT2D eigenvalue weighted by molar-refractivity contribution is 1.01. The Bertz CT molecular complexity index is 486. The SMILES string of the molecule is CNc1nc2c(s1)CCNc1[nH]ncc1-2. The van der Waals surface area contributed by atoms with E-state index in [0.29, 0.717) is 0 Å². The van der Waals surface area contributed by atoms with E-state index in [-0.39, 0.29) is 0 Å². The third-order valence-corrected chi connectivity index (χ3v) is 3.59. The van der Waals surface area contributed by atoms with Crippen molar-refractivity contribution in [2.75, 3.05) is 24.2 Å². The Balaban J connectivity index is 2.19. The highest BCUT2D eigenvalue weighted by molar-refractivity contribution is 7.16. The standard InChI is InChI=1S/C9H11N5S/c1-10-9-13-7-5-4-12-14-8(5)11-3-2-6(7)15-9/h4H,2-3H2,1H3,(H,10,13)(H2,11,12,14). The zero-order valence-electron chi connectivity index (χ0n) is 8.29. The number of fused-ring (bicyclic) bond motifs is 3. The van der Waals surface area contributed by atoms with Gasteiger partial charge in [0, 0.05) is 24.9 Å². The van der Waals surface area contributed by atoms with E-state index < -0.39 is 0 Å². The van der Waals surface area contributed by atoms with Gasteiger partial charge in [0.05, 0.1) is 17.5 Å². The average molecular weight is 221 g/mol. The number of aromatic amines is 1. The van der Waals surface area contributed by atoms with Crippen molar-refractivity contribution in [2.24, 2.45) is 0 Å². The van der Waals surface area contributed by atoms with Crippen LogP contribution in [0.1, 0.15) is 4.88 Å². The fraction of sp³-hybridized carbons (Fsp3) is 0.333. The van der Waals surface area contributed by atoms with Crippen LogP contribution in [0.4, 0.5) is 10.9 Å². The zero-order chi connectivity index (χ0) is 10.3. The van der Waals surface area contributed by atoms with Crippen molar-refractivity contribution < 1.29 is 0 Å². The molecule has 15 heavy (non-hydrogen) atoms.